The molecule has 0 aromatic rings. The number of hydrogen-bond acceptors (Lipinski definition) is 13. The highest BCUT2D eigenvalue weighted by atomic mass is 16.7. The van der Waals surface area contributed by atoms with Crippen LogP contribution in [0.4, 0.5) is 0 Å². The average molecular weight is 1220 g/mol. The molecule has 0 aromatic carbocycles. The van der Waals surface area contributed by atoms with E-state index < -0.39 is 86.8 Å². The first-order valence-electron chi connectivity index (χ1n) is 35.5. The highest BCUT2D eigenvalue weighted by Gasteiger charge is 2.51. The van der Waals surface area contributed by atoms with Gasteiger partial charge in [-0.15, -0.1) is 0 Å². The summed E-state index contributed by atoms with van der Waals surface area (Å²) >= 11 is 0. The highest BCUT2D eigenvalue weighted by molar-refractivity contribution is 5.76. The van der Waals surface area contributed by atoms with E-state index in [1.165, 1.54) is 186 Å². The number of aliphatic hydroxyl groups excluding tert-OH is 8. The Balaban J connectivity index is 1.61. The Hall–Kier alpha value is -2.31. The van der Waals surface area contributed by atoms with Crippen LogP contribution in [0.2, 0.25) is 0 Å². The molecule has 2 heterocycles. The highest BCUT2D eigenvalue weighted by Crippen LogP contribution is 2.30. The van der Waals surface area contributed by atoms with Crippen LogP contribution in [0.25, 0.3) is 0 Å². The van der Waals surface area contributed by atoms with Crippen LogP contribution in [0.15, 0.2) is 60.8 Å². The molecular formula is C72H131NO13. The molecule has 0 aromatic heterocycles. The number of amides is 1. The van der Waals surface area contributed by atoms with E-state index in [0.29, 0.717) is 12.8 Å². The Morgan fingerprint density at radius 1 is 0.430 bits per heavy atom. The van der Waals surface area contributed by atoms with Gasteiger partial charge < -0.3 is 65.1 Å². The summed E-state index contributed by atoms with van der Waals surface area (Å²) < 4.78 is 22.9. The third-order valence-corrected chi connectivity index (χ3v) is 17.2. The van der Waals surface area contributed by atoms with Gasteiger partial charge in [0.1, 0.15) is 48.8 Å². The Bertz CT molecular complexity index is 1670. The van der Waals surface area contributed by atoms with Gasteiger partial charge in [-0.25, -0.2) is 0 Å². The molecule has 86 heavy (non-hydrogen) atoms. The predicted molar refractivity (Wildman–Crippen MR) is 350 cm³/mol. The zero-order valence-corrected chi connectivity index (χ0v) is 54.6. The van der Waals surface area contributed by atoms with E-state index in [-0.39, 0.29) is 12.5 Å². The molecule has 0 radical (unpaired) electrons. The van der Waals surface area contributed by atoms with Crippen LogP contribution in [-0.2, 0) is 23.7 Å². The second-order valence-corrected chi connectivity index (χ2v) is 25.0. The second-order valence-electron chi connectivity index (χ2n) is 25.0. The third-order valence-electron chi connectivity index (χ3n) is 17.2. The summed E-state index contributed by atoms with van der Waals surface area (Å²) in [5, 5.41) is 87.6. The molecule has 2 fully saturated rings. The summed E-state index contributed by atoms with van der Waals surface area (Å²) in [6, 6.07) is -0.829. The minimum atomic E-state index is -1.78. The van der Waals surface area contributed by atoms with Gasteiger partial charge in [0, 0.05) is 6.42 Å². The lowest BCUT2D eigenvalue weighted by Crippen LogP contribution is -2.65. The molecule has 12 unspecified atom stereocenters. The van der Waals surface area contributed by atoms with Crippen LogP contribution in [0, 0.1) is 0 Å². The molecule has 12 atom stereocenters. The Morgan fingerprint density at radius 2 is 0.802 bits per heavy atom. The van der Waals surface area contributed by atoms with Crippen molar-refractivity contribution in [2.75, 3.05) is 19.8 Å². The Labute approximate surface area is 524 Å². The number of carbonyl (C=O) groups is 1. The van der Waals surface area contributed by atoms with Crippen molar-refractivity contribution in [2.45, 2.75) is 370 Å². The largest absolute Gasteiger partial charge is 0.394 e. The minimum Gasteiger partial charge on any atom is -0.394 e. The van der Waals surface area contributed by atoms with Gasteiger partial charge in [0.25, 0.3) is 0 Å². The van der Waals surface area contributed by atoms with E-state index in [4.69, 9.17) is 18.9 Å². The monoisotopic (exact) mass is 1220 g/mol. The Morgan fingerprint density at radius 3 is 1.23 bits per heavy atom. The maximum Gasteiger partial charge on any atom is 0.220 e. The van der Waals surface area contributed by atoms with Crippen LogP contribution in [-0.4, -0.2) is 140 Å². The van der Waals surface area contributed by atoms with E-state index in [0.717, 1.165) is 83.5 Å². The second kappa shape index (κ2) is 56.7. The number of allylic oxidation sites excluding steroid dienone is 10. The first kappa shape index (κ1) is 79.8. The van der Waals surface area contributed by atoms with Gasteiger partial charge in [-0.1, -0.05) is 293 Å². The molecule has 14 nitrogen and oxygen atoms in total. The van der Waals surface area contributed by atoms with Crippen LogP contribution < -0.4 is 5.32 Å². The fourth-order valence-corrected chi connectivity index (χ4v) is 11.6. The van der Waals surface area contributed by atoms with Crippen molar-refractivity contribution in [3.8, 4) is 0 Å². The zero-order valence-electron chi connectivity index (χ0n) is 54.6. The van der Waals surface area contributed by atoms with Crippen molar-refractivity contribution < 1.29 is 64.6 Å². The van der Waals surface area contributed by atoms with E-state index in [9.17, 15) is 45.6 Å². The maximum absolute atomic E-state index is 13.3. The molecule has 0 spiro atoms. The van der Waals surface area contributed by atoms with Gasteiger partial charge in [0.15, 0.2) is 12.6 Å². The predicted octanol–water partition coefficient (Wildman–Crippen LogP) is 14.5. The minimum absolute atomic E-state index is 0.203. The quantitative estimate of drug-likeness (QED) is 0.0204. The summed E-state index contributed by atoms with van der Waals surface area (Å²) in [6.45, 7) is 2.78. The Kier molecular flexibility index (Phi) is 52.6. The number of nitrogens with one attached hydrogen (secondary N) is 1. The van der Waals surface area contributed by atoms with E-state index in [1.54, 1.807) is 0 Å². The smallest absolute Gasteiger partial charge is 0.220 e. The average Bonchev–Trinajstić information content (AvgIpc) is 2.46. The van der Waals surface area contributed by atoms with Gasteiger partial charge in [-0.2, -0.15) is 0 Å². The SMILES string of the molecule is CC/C=C\C/C=C\C/C=C\C/C=C\C/C=C\CCCCCCCCCCCCCCCCCCCCCC(=O)NC(COC1OC(CO)C(OC2OC(CO)C(O)C(O)C2O)C(O)C1O)C(O)CCCCCCCCCCCCCCCCCCC. The zero-order chi connectivity index (χ0) is 62.3. The molecule has 0 aliphatic carbocycles. The first-order valence-corrected chi connectivity index (χ1v) is 35.5. The van der Waals surface area contributed by atoms with Gasteiger partial charge in [-0.3, -0.25) is 4.79 Å². The number of hydrogen-bond donors (Lipinski definition) is 9. The number of ether oxygens (including phenoxy) is 4. The molecule has 1 amide bonds. The molecular weight excluding hydrogens is 1090 g/mol. The summed E-state index contributed by atoms with van der Waals surface area (Å²) in [4.78, 5) is 13.3. The fourth-order valence-electron chi connectivity index (χ4n) is 11.6. The molecule has 2 rings (SSSR count). The van der Waals surface area contributed by atoms with E-state index >= 15 is 0 Å². The molecule has 2 aliphatic heterocycles. The first-order chi connectivity index (χ1) is 42.1. The molecule has 9 N–H and O–H groups in total. The van der Waals surface area contributed by atoms with Crippen molar-refractivity contribution in [3.05, 3.63) is 60.8 Å². The molecule has 502 valence electrons. The van der Waals surface area contributed by atoms with E-state index in [1.807, 2.05) is 0 Å². The topological polar surface area (TPSA) is 228 Å². The summed E-state index contributed by atoms with van der Waals surface area (Å²) in [7, 11) is 0. The van der Waals surface area contributed by atoms with Gasteiger partial charge >= 0.3 is 0 Å². The van der Waals surface area contributed by atoms with E-state index in [2.05, 4.69) is 79.9 Å². The standard InChI is InChI=1S/C72H131NO13/c1-3-5-7-9-11-13-15-17-19-21-22-23-24-25-26-27-28-29-30-31-32-33-34-35-36-37-38-40-42-44-46-48-50-52-54-56-64(77)73-60(61(76)55-53-51-49-47-45-43-41-39-20-18-16-14-12-10-8-6-4-2)59-83-71-69(82)67(80)70(63(58-75)85-71)86-72-68(81)66(79)65(78)62(57-74)84-72/h5,7,11,13,17,19,22-23,25-26,60-63,65-72,74-76,78-82H,3-4,6,8-10,12,14-16,18,20-21,24,27-59H2,1-2H3,(H,73,77)/b7-5-,13-11-,19-17-,23-22-,26-25-. The summed E-state index contributed by atoms with van der Waals surface area (Å²) in [5.41, 5.74) is 0. The molecule has 2 saturated heterocycles. The number of rotatable bonds is 58. The molecule has 14 heteroatoms. The van der Waals surface area contributed by atoms with Gasteiger partial charge in [0.05, 0.1) is 32.0 Å². The van der Waals surface area contributed by atoms with Crippen molar-refractivity contribution in [3.63, 3.8) is 0 Å². The fraction of sp³-hybridized carbons (Fsp3) is 0.847. The van der Waals surface area contributed by atoms with Gasteiger partial charge in [-0.05, 0) is 57.8 Å². The van der Waals surface area contributed by atoms with Crippen molar-refractivity contribution in [1.29, 1.82) is 0 Å². The number of unbranched alkanes of at least 4 members (excludes halogenated alkanes) is 35. The normalized spacial score (nSPS) is 23.7. The van der Waals surface area contributed by atoms with Crippen molar-refractivity contribution >= 4 is 5.91 Å². The number of aliphatic hydroxyl groups is 8. The van der Waals surface area contributed by atoms with Crippen molar-refractivity contribution in [2.24, 2.45) is 0 Å². The van der Waals surface area contributed by atoms with Crippen LogP contribution in [0.3, 0.4) is 0 Å². The molecule has 0 bridgehead atoms. The lowest BCUT2D eigenvalue weighted by atomic mass is 9.97. The lowest BCUT2D eigenvalue weighted by Gasteiger charge is -2.46. The summed E-state index contributed by atoms with van der Waals surface area (Å²) in [6.07, 6.45) is 58.1. The molecule has 2 aliphatic rings. The molecule has 0 saturated carbocycles. The number of carbonyl (C=O) groups excluding carboxylic acids is 1. The van der Waals surface area contributed by atoms with Crippen LogP contribution in [0.1, 0.15) is 296 Å². The summed E-state index contributed by atoms with van der Waals surface area (Å²) in [5.74, 6) is -0.203. The van der Waals surface area contributed by atoms with Crippen LogP contribution in [0.5, 0.6) is 0 Å². The van der Waals surface area contributed by atoms with Crippen LogP contribution >= 0.6 is 0 Å². The maximum atomic E-state index is 13.3. The van der Waals surface area contributed by atoms with Crippen molar-refractivity contribution in [1.82, 2.24) is 5.32 Å². The third kappa shape index (κ3) is 40.4. The van der Waals surface area contributed by atoms with Gasteiger partial charge in [0.2, 0.25) is 5.91 Å². The lowest BCUT2D eigenvalue weighted by molar-refractivity contribution is -0.359.